The average molecular weight is 364 g/mol. The van der Waals surface area contributed by atoms with Crippen molar-refractivity contribution in [1.82, 2.24) is 15.8 Å². The van der Waals surface area contributed by atoms with Gasteiger partial charge in [0.1, 0.15) is 0 Å². The Bertz CT molecular complexity index is 616. The van der Waals surface area contributed by atoms with Crippen molar-refractivity contribution in [3.05, 3.63) is 17.5 Å². The third-order valence-corrected chi connectivity index (χ3v) is 4.60. The summed E-state index contributed by atoms with van der Waals surface area (Å²) in [5.41, 5.74) is 0.617. The van der Waals surface area contributed by atoms with E-state index in [2.05, 4.69) is 29.6 Å². The maximum absolute atomic E-state index is 12.7. The molecular weight excluding hydrogens is 330 g/mol. The molecule has 1 aliphatic rings. The van der Waals surface area contributed by atoms with Gasteiger partial charge in [-0.2, -0.15) is 0 Å². The molecule has 2 rings (SSSR count). The van der Waals surface area contributed by atoms with Crippen molar-refractivity contribution < 1.29 is 14.1 Å². The maximum Gasteiger partial charge on any atom is 0.224 e. The average Bonchev–Trinajstić information content (AvgIpc) is 2.97. The second kappa shape index (κ2) is 8.69. The first kappa shape index (κ1) is 20.5. The number of nitrogens with zero attached hydrogens (tertiary/aromatic N) is 1. The van der Waals surface area contributed by atoms with E-state index in [4.69, 9.17) is 4.52 Å². The number of rotatable bonds is 6. The lowest BCUT2D eigenvalue weighted by Gasteiger charge is -2.32. The van der Waals surface area contributed by atoms with Crippen LogP contribution in [0.4, 0.5) is 0 Å². The first-order chi connectivity index (χ1) is 12.2. The van der Waals surface area contributed by atoms with E-state index in [1.54, 1.807) is 0 Å². The smallest absolute Gasteiger partial charge is 0.224 e. The predicted octanol–water partition coefficient (Wildman–Crippen LogP) is 3.21. The van der Waals surface area contributed by atoms with E-state index in [1.165, 1.54) is 0 Å². The predicted molar refractivity (Wildman–Crippen MR) is 100 cm³/mol. The van der Waals surface area contributed by atoms with Crippen molar-refractivity contribution in [2.24, 2.45) is 17.8 Å². The van der Waals surface area contributed by atoms with Gasteiger partial charge in [0, 0.05) is 23.4 Å². The molecule has 0 aromatic carbocycles. The molecule has 1 aliphatic carbocycles. The quantitative estimate of drug-likeness (QED) is 0.813. The number of amides is 2. The Morgan fingerprint density at radius 3 is 2.38 bits per heavy atom. The highest BCUT2D eigenvalue weighted by Gasteiger charge is 2.36. The topological polar surface area (TPSA) is 84.2 Å². The molecule has 1 aromatic heterocycles. The molecule has 0 unspecified atom stereocenters. The van der Waals surface area contributed by atoms with Gasteiger partial charge in [0.25, 0.3) is 0 Å². The summed E-state index contributed by atoms with van der Waals surface area (Å²) in [7, 11) is 0. The van der Waals surface area contributed by atoms with Crippen LogP contribution in [0.3, 0.4) is 0 Å². The highest BCUT2D eigenvalue weighted by atomic mass is 16.5. The van der Waals surface area contributed by atoms with Crippen molar-refractivity contribution in [1.29, 1.82) is 0 Å². The van der Waals surface area contributed by atoms with Gasteiger partial charge in [0.05, 0.1) is 12.2 Å². The van der Waals surface area contributed by atoms with Gasteiger partial charge in [-0.3, -0.25) is 9.59 Å². The lowest BCUT2D eigenvalue weighted by Crippen LogP contribution is -2.49. The summed E-state index contributed by atoms with van der Waals surface area (Å²) in [6.45, 7) is 10.4. The molecule has 2 amide bonds. The lowest BCUT2D eigenvalue weighted by atomic mass is 9.77. The van der Waals surface area contributed by atoms with Gasteiger partial charge in [0.2, 0.25) is 11.8 Å². The molecule has 0 radical (unpaired) electrons. The van der Waals surface area contributed by atoms with Crippen LogP contribution in [-0.4, -0.2) is 22.5 Å². The molecule has 1 fully saturated rings. The molecule has 6 nitrogen and oxygen atoms in total. The fraction of sp³-hybridized carbons (Fsp3) is 0.750. The minimum Gasteiger partial charge on any atom is -0.359 e. The van der Waals surface area contributed by atoms with Gasteiger partial charge < -0.3 is 15.2 Å². The highest BCUT2D eigenvalue weighted by Crippen LogP contribution is 2.31. The van der Waals surface area contributed by atoms with Gasteiger partial charge in [0.15, 0.2) is 5.76 Å². The van der Waals surface area contributed by atoms with E-state index in [0.717, 1.165) is 37.8 Å². The first-order valence-corrected chi connectivity index (χ1v) is 9.70. The SMILES string of the molecule is CC(C)Cc1cc(CNC(=O)[C@H]2CCCC[C@H]2C(=O)NC(C)(C)C)on1. The summed E-state index contributed by atoms with van der Waals surface area (Å²) in [5, 5.41) is 9.99. The molecule has 1 aromatic rings. The fourth-order valence-corrected chi connectivity index (χ4v) is 3.48. The number of carbonyl (C=O) groups is 2. The van der Waals surface area contributed by atoms with Crippen molar-refractivity contribution >= 4 is 11.8 Å². The second-order valence-corrected chi connectivity index (χ2v) is 8.84. The Hall–Kier alpha value is -1.85. The van der Waals surface area contributed by atoms with E-state index in [-0.39, 0.29) is 29.2 Å². The Balaban J connectivity index is 1.93. The molecule has 1 heterocycles. The Labute approximate surface area is 156 Å². The van der Waals surface area contributed by atoms with Gasteiger partial charge in [-0.15, -0.1) is 0 Å². The van der Waals surface area contributed by atoms with Crippen LogP contribution in [0.1, 0.15) is 71.8 Å². The molecule has 146 valence electrons. The number of carbonyl (C=O) groups excluding carboxylic acids is 2. The summed E-state index contributed by atoms with van der Waals surface area (Å²) in [6, 6.07) is 1.89. The fourth-order valence-electron chi connectivity index (χ4n) is 3.48. The van der Waals surface area contributed by atoms with Crippen molar-refractivity contribution in [3.8, 4) is 0 Å². The summed E-state index contributed by atoms with van der Waals surface area (Å²) in [5.74, 6) is 0.544. The number of nitrogens with one attached hydrogen (secondary N) is 2. The Morgan fingerprint density at radius 1 is 1.19 bits per heavy atom. The van der Waals surface area contributed by atoms with Crippen molar-refractivity contribution in [2.75, 3.05) is 0 Å². The van der Waals surface area contributed by atoms with Crippen LogP contribution in [0.15, 0.2) is 10.6 Å². The number of aromatic nitrogens is 1. The van der Waals surface area contributed by atoms with Gasteiger partial charge >= 0.3 is 0 Å². The van der Waals surface area contributed by atoms with E-state index < -0.39 is 0 Å². The summed E-state index contributed by atoms with van der Waals surface area (Å²) < 4.78 is 5.30. The zero-order valence-corrected chi connectivity index (χ0v) is 16.7. The standard InChI is InChI=1S/C20H33N3O3/c1-13(2)10-14-11-15(26-23-14)12-21-18(24)16-8-6-7-9-17(16)19(25)22-20(3,4)5/h11,13,16-17H,6-10,12H2,1-5H3,(H,21,24)(H,22,25)/t16-,17+/m0/s1. The zero-order chi connectivity index (χ0) is 19.3. The third-order valence-electron chi connectivity index (χ3n) is 4.60. The van der Waals surface area contributed by atoms with Crippen LogP contribution >= 0.6 is 0 Å². The van der Waals surface area contributed by atoms with Crippen molar-refractivity contribution in [3.63, 3.8) is 0 Å². The van der Waals surface area contributed by atoms with Crippen molar-refractivity contribution in [2.45, 2.75) is 78.8 Å². The molecule has 1 saturated carbocycles. The van der Waals surface area contributed by atoms with E-state index >= 15 is 0 Å². The molecule has 0 bridgehead atoms. The minimum atomic E-state index is -0.289. The van der Waals surface area contributed by atoms with E-state index in [9.17, 15) is 9.59 Å². The molecule has 2 atom stereocenters. The largest absolute Gasteiger partial charge is 0.359 e. The van der Waals surface area contributed by atoms with Crippen LogP contribution < -0.4 is 10.6 Å². The van der Waals surface area contributed by atoms with Gasteiger partial charge in [-0.25, -0.2) is 0 Å². The molecule has 0 aliphatic heterocycles. The van der Waals surface area contributed by atoms with Crippen LogP contribution in [0.2, 0.25) is 0 Å². The second-order valence-electron chi connectivity index (χ2n) is 8.84. The Kier molecular flexibility index (Phi) is 6.84. The van der Waals surface area contributed by atoms with E-state index in [0.29, 0.717) is 18.2 Å². The van der Waals surface area contributed by atoms with Crippen LogP contribution in [-0.2, 0) is 22.6 Å². The third kappa shape index (κ3) is 6.15. The molecule has 0 spiro atoms. The summed E-state index contributed by atoms with van der Waals surface area (Å²) in [4.78, 5) is 25.3. The highest BCUT2D eigenvalue weighted by molar-refractivity contribution is 5.88. The van der Waals surface area contributed by atoms with Gasteiger partial charge in [-0.05, 0) is 46.0 Å². The molecule has 26 heavy (non-hydrogen) atoms. The lowest BCUT2D eigenvalue weighted by molar-refractivity contribution is -0.137. The maximum atomic E-state index is 12.7. The number of hydrogen-bond donors (Lipinski definition) is 2. The molecule has 0 saturated heterocycles. The normalized spacial score (nSPS) is 20.8. The number of hydrogen-bond acceptors (Lipinski definition) is 4. The first-order valence-electron chi connectivity index (χ1n) is 9.70. The van der Waals surface area contributed by atoms with E-state index in [1.807, 2.05) is 26.8 Å². The Morgan fingerprint density at radius 2 is 1.81 bits per heavy atom. The molecular formula is C20H33N3O3. The molecule has 2 N–H and O–H groups in total. The monoisotopic (exact) mass is 363 g/mol. The molecule has 6 heteroatoms. The summed E-state index contributed by atoms with van der Waals surface area (Å²) >= 11 is 0. The zero-order valence-electron chi connectivity index (χ0n) is 16.7. The van der Waals surface area contributed by atoms with Crippen LogP contribution in [0.5, 0.6) is 0 Å². The minimum absolute atomic E-state index is 0.0174. The van der Waals surface area contributed by atoms with Gasteiger partial charge in [-0.1, -0.05) is 31.8 Å². The van der Waals surface area contributed by atoms with Crippen LogP contribution in [0, 0.1) is 17.8 Å². The van der Waals surface area contributed by atoms with Crippen LogP contribution in [0.25, 0.3) is 0 Å². The summed E-state index contributed by atoms with van der Waals surface area (Å²) in [6.07, 6.45) is 4.35.